The molecule has 2 aromatic rings. The van der Waals surface area contributed by atoms with Crippen molar-refractivity contribution in [2.45, 2.75) is 24.2 Å². The number of anilines is 1. The Balaban J connectivity index is 2.30. The van der Waals surface area contributed by atoms with Gasteiger partial charge in [0, 0.05) is 6.54 Å². The highest BCUT2D eigenvalue weighted by molar-refractivity contribution is 7.89. The highest BCUT2D eigenvalue weighted by atomic mass is 35.5. The van der Waals surface area contributed by atoms with Gasteiger partial charge in [-0.2, -0.15) is 30.6 Å². The second-order valence-corrected chi connectivity index (χ2v) is 8.51. The summed E-state index contributed by atoms with van der Waals surface area (Å²) in [6.07, 6.45) is -9.68. The number of benzene rings is 2. The molecule has 13 heteroatoms. The molecule has 0 aliphatic carbocycles. The molecule has 31 heavy (non-hydrogen) atoms. The zero-order valence-corrected chi connectivity index (χ0v) is 17.3. The fourth-order valence-electron chi connectivity index (χ4n) is 2.59. The van der Waals surface area contributed by atoms with Gasteiger partial charge in [0.05, 0.1) is 33.3 Å². The number of para-hydroxylation sites is 1. The maximum absolute atomic E-state index is 13.0. The van der Waals surface area contributed by atoms with Crippen LogP contribution in [0.15, 0.2) is 47.4 Å². The van der Waals surface area contributed by atoms with E-state index in [-0.39, 0.29) is 6.54 Å². The normalized spacial score (nSPS) is 12.8. The lowest BCUT2D eigenvalue weighted by Gasteiger charge is -2.21. The van der Waals surface area contributed by atoms with Gasteiger partial charge >= 0.3 is 12.4 Å². The van der Waals surface area contributed by atoms with Crippen LogP contribution in [0, 0.1) is 0 Å². The van der Waals surface area contributed by atoms with Gasteiger partial charge in [0.2, 0.25) is 15.9 Å². The minimum atomic E-state index is -4.92. The Hall–Kier alpha value is -2.31. The Labute approximate surface area is 178 Å². The van der Waals surface area contributed by atoms with Crippen LogP contribution in [-0.2, 0) is 27.2 Å². The van der Waals surface area contributed by atoms with Crippen LogP contribution in [0.2, 0.25) is 5.02 Å². The molecule has 170 valence electrons. The Morgan fingerprint density at radius 1 is 1.00 bits per heavy atom. The summed E-state index contributed by atoms with van der Waals surface area (Å²) in [4.78, 5) is 11.5. The van der Waals surface area contributed by atoms with Crippen LogP contribution in [0.1, 0.15) is 18.1 Å². The topological polar surface area (TPSA) is 66.5 Å². The SMILES string of the molecule is CCN(CC(=O)Nc1ccccc1C(F)(F)F)S(=O)(=O)c1ccc(Cl)c(C(F)(F)F)c1. The van der Waals surface area contributed by atoms with Gasteiger partial charge in [0.15, 0.2) is 0 Å². The standard InChI is InChI=1S/C18H15ClF6N2O3S/c1-2-27(10-16(28)26-15-6-4-3-5-12(15)17(20,21)22)31(29,30)11-7-8-14(19)13(9-11)18(23,24)25/h3-9H,2,10H2,1H3,(H,26,28). The molecule has 0 atom stereocenters. The smallest absolute Gasteiger partial charge is 0.324 e. The summed E-state index contributed by atoms with van der Waals surface area (Å²) in [6.45, 7) is 0.0602. The second-order valence-electron chi connectivity index (χ2n) is 6.16. The first-order valence-electron chi connectivity index (χ1n) is 8.51. The van der Waals surface area contributed by atoms with E-state index in [0.717, 1.165) is 30.3 Å². The highest BCUT2D eigenvalue weighted by Crippen LogP contribution is 2.37. The Kier molecular flexibility index (Phi) is 7.28. The van der Waals surface area contributed by atoms with E-state index in [2.05, 4.69) is 0 Å². The number of halogens is 7. The second kappa shape index (κ2) is 9.05. The predicted molar refractivity (Wildman–Crippen MR) is 101 cm³/mol. The number of sulfonamides is 1. The maximum atomic E-state index is 13.0. The van der Waals surface area contributed by atoms with Crippen molar-refractivity contribution in [3.05, 3.63) is 58.6 Å². The van der Waals surface area contributed by atoms with Crippen LogP contribution in [0.3, 0.4) is 0 Å². The number of likely N-dealkylation sites (N-methyl/N-ethyl adjacent to an activating group) is 1. The van der Waals surface area contributed by atoms with Crippen molar-refractivity contribution >= 4 is 33.2 Å². The largest absolute Gasteiger partial charge is 0.418 e. The molecule has 1 N–H and O–H groups in total. The first-order chi connectivity index (χ1) is 14.2. The Bertz CT molecular complexity index is 1070. The molecule has 1 amide bonds. The highest BCUT2D eigenvalue weighted by Gasteiger charge is 2.36. The number of hydrogen-bond acceptors (Lipinski definition) is 3. The molecule has 0 saturated heterocycles. The van der Waals surface area contributed by atoms with Crippen molar-refractivity contribution in [1.82, 2.24) is 4.31 Å². The van der Waals surface area contributed by atoms with Gasteiger partial charge in [-0.3, -0.25) is 4.79 Å². The van der Waals surface area contributed by atoms with Crippen molar-refractivity contribution in [3.63, 3.8) is 0 Å². The molecule has 0 fully saturated rings. The summed E-state index contributed by atoms with van der Waals surface area (Å²) >= 11 is 5.49. The molecule has 0 unspecified atom stereocenters. The van der Waals surface area contributed by atoms with E-state index >= 15 is 0 Å². The number of nitrogens with one attached hydrogen (secondary N) is 1. The van der Waals surface area contributed by atoms with Crippen molar-refractivity contribution in [3.8, 4) is 0 Å². The first kappa shape index (κ1) is 25.0. The van der Waals surface area contributed by atoms with E-state index in [4.69, 9.17) is 11.6 Å². The van der Waals surface area contributed by atoms with Crippen molar-refractivity contribution < 1.29 is 39.6 Å². The third-order valence-corrected chi connectivity index (χ3v) is 6.31. The van der Waals surface area contributed by atoms with Crippen LogP contribution in [0.5, 0.6) is 0 Å². The Morgan fingerprint density at radius 2 is 1.58 bits per heavy atom. The molecule has 2 aromatic carbocycles. The molecule has 0 saturated carbocycles. The van der Waals surface area contributed by atoms with Crippen LogP contribution in [0.4, 0.5) is 32.0 Å². The van der Waals surface area contributed by atoms with Gasteiger partial charge in [0.25, 0.3) is 0 Å². The molecule has 0 bridgehead atoms. The summed E-state index contributed by atoms with van der Waals surface area (Å²) < 4.78 is 104. The van der Waals surface area contributed by atoms with Crippen LogP contribution < -0.4 is 5.32 Å². The number of alkyl halides is 6. The number of amides is 1. The van der Waals surface area contributed by atoms with E-state index in [1.54, 1.807) is 0 Å². The molecule has 2 rings (SSSR count). The molecule has 0 heterocycles. The molecule has 0 aromatic heterocycles. The van der Waals surface area contributed by atoms with E-state index in [9.17, 15) is 39.6 Å². The minimum Gasteiger partial charge on any atom is -0.324 e. The third kappa shape index (κ3) is 5.89. The summed E-state index contributed by atoms with van der Waals surface area (Å²) in [5.74, 6) is -1.10. The molecule has 5 nitrogen and oxygen atoms in total. The van der Waals surface area contributed by atoms with Gasteiger partial charge in [-0.05, 0) is 30.3 Å². The zero-order valence-electron chi connectivity index (χ0n) is 15.7. The third-order valence-electron chi connectivity index (χ3n) is 4.06. The number of nitrogens with zero attached hydrogens (tertiary/aromatic N) is 1. The van der Waals surface area contributed by atoms with Gasteiger partial charge in [0.1, 0.15) is 0 Å². The lowest BCUT2D eigenvalue weighted by Crippen LogP contribution is -2.38. The lowest BCUT2D eigenvalue weighted by atomic mass is 10.1. The van der Waals surface area contributed by atoms with Crippen molar-refractivity contribution in [2.75, 3.05) is 18.4 Å². The fourth-order valence-corrected chi connectivity index (χ4v) is 4.24. The van der Waals surface area contributed by atoms with E-state index in [1.165, 1.54) is 13.0 Å². The monoisotopic (exact) mass is 488 g/mol. The quantitative estimate of drug-likeness (QED) is 0.580. The van der Waals surface area contributed by atoms with Gasteiger partial charge in [-0.25, -0.2) is 8.42 Å². The summed E-state index contributed by atoms with van der Waals surface area (Å²) in [5, 5.41) is 1.27. The number of carbonyl (C=O) groups excluding carboxylic acids is 1. The summed E-state index contributed by atoms with van der Waals surface area (Å²) in [6, 6.07) is 6.00. The maximum Gasteiger partial charge on any atom is 0.418 e. The summed E-state index contributed by atoms with van der Waals surface area (Å²) in [7, 11) is -4.58. The number of carbonyl (C=O) groups is 1. The molecular formula is C18H15ClF6N2O3S. The molecule has 0 aliphatic heterocycles. The predicted octanol–water partition coefficient (Wildman–Crippen LogP) is 5.03. The molecule has 0 spiro atoms. The minimum absolute atomic E-state index is 0.331. The average molecular weight is 489 g/mol. The van der Waals surface area contributed by atoms with E-state index < -0.39 is 61.6 Å². The fraction of sp³-hybridized carbons (Fsp3) is 0.278. The van der Waals surface area contributed by atoms with E-state index in [0.29, 0.717) is 10.4 Å². The van der Waals surface area contributed by atoms with Crippen LogP contribution >= 0.6 is 11.6 Å². The Morgan fingerprint density at radius 3 is 2.13 bits per heavy atom. The van der Waals surface area contributed by atoms with Gasteiger partial charge < -0.3 is 5.32 Å². The van der Waals surface area contributed by atoms with Crippen molar-refractivity contribution in [2.24, 2.45) is 0 Å². The van der Waals surface area contributed by atoms with Gasteiger partial charge in [-0.1, -0.05) is 30.7 Å². The average Bonchev–Trinajstić information content (AvgIpc) is 2.64. The number of hydrogen-bond donors (Lipinski definition) is 1. The van der Waals surface area contributed by atoms with Gasteiger partial charge in [-0.15, -0.1) is 0 Å². The summed E-state index contributed by atoms with van der Waals surface area (Å²) in [5.41, 5.74) is -3.10. The van der Waals surface area contributed by atoms with Crippen LogP contribution in [0.25, 0.3) is 0 Å². The lowest BCUT2D eigenvalue weighted by molar-refractivity contribution is -0.138. The zero-order chi connectivity index (χ0) is 23.6. The number of rotatable bonds is 6. The van der Waals surface area contributed by atoms with Crippen molar-refractivity contribution in [1.29, 1.82) is 0 Å². The van der Waals surface area contributed by atoms with Crippen LogP contribution in [-0.4, -0.2) is 31.7 Å². The molecule has 0 radical (unpaired) electrons. The first-order valence-corrected chi connectivity index (χ1v) is 10.3. The molecule has 0 aliphatic rings. The van der Waals surface area contributed by atoms with E-state index in [1.807, 2.05) is 5.32 Å². The molecular weight excluding hydrogens is 474 g/mol.